The molecule has 78 valence electrons. The van der Waals surface area contributed by atoms with Gasteiger partial charge in [0.25, 0.3) is 0 Å². The summed E-state index contributed by atoms with van der Waals surface area (Å²) in [5, 5.41) is 8.78. The minimum Gasteiger partial charge on any atom is -0.303 e. The van der Waals surface area contributed by atoms with E-state index in [-0.39, 0.29) is 0 Å². The first-order chi connectivity index (χ1) is 6.85. The molecular formula is C12H19NO. The Morgan fingerprint density at radius 1 is 1.29 bits per heavy atom. The Labute approximate surface area is 86.6 Å². The van der Waals surface area contributed by atoms with E-state index in [1.165, 1.54) is 19.3 Å². The van der Waals surface area contributed by atoms with Crippen molar-refractivity contribution in [1.29, 1.82) is 5.26 Å². The van der Waals surface area contributed by atoms with Gasteiger partial charge < -0.3 is 4.79 Å². The lowest BCUT2D eigenvalue weighted by Gasteiger charge is -1.98. The average Bonchev–Trinajstić information content (AvgIpc) is 2.22. The molecule has 0 unspecified atom stereocenters. The molecule has 0 amide bonds. The van der Waals surface area contributed by atoms with Gasteiger partial charge in [0.1, 0.15) is 6.29 Å². The Hall–Kier alpha value is -1.10. The Morgan fingerprint density at radius 3 is 2.64 bits per heavy atom. The zero-order valence-electron chi connectivity index (χ0n) is 8.96. The molecule has 0 heterocycles. The van der Waals surface area contributed by atoms with Crippen LogP contribution in [0.5, 0.6) is 0 Å². The summed E-state index contributed by atoms with van der Waals surface area (Å²) >= 11 is 0. The fourth-order valence-corrected chi connectivity index (χ4v) is 1.27. The highest BCUT2D eigenvalue weighted by molar-refractivity contribution is 5.49. The molecule has 0 aliphatic rings. The van der Waals surface area contributed by atoms with Gasteiger partial charge in [-0.05, 0) is 19.3 Å². The van der Waals surface area contributed by atoms with E-state index < -0.39 is 0 Å². The van der Waals surface area contributed by atoms with Crippen molar-refractivity contribution in [3.8, 4) is 6.07 Å². The van der Waals surface area contributed by atoms with Gasteiger partial charge in [0, 0.05) is 12.0 Å². The molecule has 0 aromatic rings. The third kappa shape index (κ3) is 7.54. The summed E-state index contributed by atoms with van der Waals surface area (Å²) in [7, 11) is 0. The molecule has 2 nitrogen and oxygen atoms in total. The number of carbonyl (C=O) groups excluding carboxylic acids is 1. The molecule has 0 fully saturated rings. The second kappa shape index (κ2) is 9.98. The van der Waals surface area contributed by atoms with Crippen molar-refractivity contribution in [2.75, 3.05) is 0 Å². The van der Waals surface area contributed by atoms with Crippen LogP contribution in [0.25, 0.3) is 0 Å². The van der Waals surface area contributed by atoms with Crippen molar-refractivity contribution >= 4 is 6.29 Å². The van der Waals surface area contributed by atoms with Crippen LogP contribution < -0.4 is 0 Å². The third-order valence-electron chi connectivity index (χ3n) is 2.12. The number of allylic oxidation sites excluding steroid dienone is 2. The van der Waals surface area contributed by atoms with Crippen molar-refractivity contribution in [3.63, 3.8) is 0 Å². The number of aldehydes is 1. The SMILES string of the molecule is CCCCCC/C(C#N)=C/CCC=O. The quantitative estimate of drug-likeness (QED) is 0.337. The van der Waals surface area contributed by atoms with Crippen LogP contribution in [-0.4, -0.2) is 6.29 Å². The maximum atomic E-state index is 10.1. The topological polar surface area (TPSA) is 40.9 Å². The zero-order chi connectivity index (χ0) is 10.6. The molecule has 0 saturated heterocycles. The minimum atomic E-state index is 0.528. The zero-order valence-corrected chi connectivity index (χ0v) is 8.96. The van der Waals surface area contributed by atoms with Crippen molar-refractivity contribution in [2.24, 2.45) is 0 Å². The fraction of sp³-hybridized carbons (Fsp3) is 0.667. The first-order valence-electron chi connectivity index (χ1n) is 5.38. The first-order valence-corrected chi connectivity index (χ1v) is 5.38. The molecule has 14 heavy (non-hydrogen) atoms. The number of hydrogen-bond donors (Lipinski definition) is 0. The van der Waals surface area contributed by atoms with Crippen LogP contribution in [-0.2, 0) is 4.79 Å². The van der Waals surface area contributed by atoms with Crippen LogP contribution in [0.3, 0.4) is 0 Å². The minimum absolute atomic E-state index is 0.528. The van der Waals surface area contributed by atoms with Gasteiger partial charge in [0.05, 0.1) is 6.07 Å². The first kappa shape index (κ1) is 12.9. The van der Waals surface area contributed by atoms with Gasteiger partial charge in [-0.1, -0.05) is 32.3 Å². The number of nitriles is 1. The molecule has 0 N–H and O–H groups in total. The maximum Gasteiger partial charge on any atom is 0.120 e. The van der Waals surface area contributed by atoms with Crippen molar-refractivity contribution in [3.05, 3.63) is 11.6 Å². The fourth-order valence-electron chi connectivity index (χ4n) is 1.27. The lowest BCUT2D eigenvalue weighted by atomic mass is 10.1. The Morgan fingerprint density at radius 2 is 2.07 bits per heavy atom. The molecule has 0 spiro atoms. The highest BCUT2D eigenvalue weighted by atomic mass is 16.1. The summed E-state index contributed by atoms with van der Waals surface area (Å²) in [5.41, 5.74) is 0.836. The van der Waals surface area contributed by atoms with Gasteiger partial charge in [0.2, 0.25) is 0 Å². The van der Waals surface area contributed by atoms with Gasteiger partial charge in [-0.2, -0.15) is 5.26 Å². The van der Waals surface area contributed by atoms with E-state index in [1.807, 2.05) is 6.08 Å². The van der Waals surface area contributed by atoms with E-state index >= 15 is 0 Å². The van der Waals surface area contributed by atoms with Crippen LogP contribution >= 0.6 is 0 Å². The van der Waals surface area contributed by atoms with E-state index in [0.29, 0.717) is 12.8 Å². The van der Waals surface area contributed by atoms with E-state index in [1.54, 1.807) is 0 Å². The van der Waals surface area contributed by atoms with Gasteiger partial charge in [-0.15, -0.1) is 0 Å². The highest BCUT2D eigenvalue weighted by Crippen LogP contribution is 2.10. The van der Waals surface area contributed by atoms with E-state index in [0.717, 1.165) is 24.7 Å². The largest absolute Gasteiger partial charge is 0.303 e. The van der Waals surface area contributed by atoms with Crippen LogP contribution in [0, 0.1) is 11.3 Å². The second-order valence-corrected chi connectivity index (χ2v) is 3.40. The molecule has 0 aliphatic carbocycles. The molecule has 2 heteroatoms. The van der Waals surface area contributed by atoms with Crippen LogP contribution in [0.4, 0.5) is 0 Å². The van der Waals surface area contributed by atoms with E-state index in [2.05, 4.69) is 13.0 Å². The van der Waals surface area contributed by atoms with Gasteiger partial charge in [0.15, 0.2) is 0 Å². The summed E-state index contributed by atoms with van der Waals surface area (Å²) < 4.78 is 0. The normalized spacial score (nSPS) is 11.0. The molecule has 0 saturated carbocycles. The molecule has 0 aromatic heterocycles. The standard InChI is InChI=1S/C12H19NO/c1-2-3-4-5-8-12(11-13)9-6-7-10-14/h9-10H,2-8H2,1H3/b12-9-. The monoisotopic (exact) mass is 193 g/mol. The van der Waals surface area contributed by atoms with Crippen LogP contribution in [0.2, 0.25) is 0 Å². The summed E-state index contributed by atoms with van der Waals surface area (Å²) in [6.07, 6.45) is 9.64. The van der Waals surface area contributed by atoms with Crippen molar-refractivity contribution in [2.45, 2.75) is 51.9 Å². The van der Waals surface area contributed by atoms with Gasteiger partial charge in [-0.25, -0.2) is 0 Å². The lowest BCUT2D eigenvalue weighted by Crippen LogP contribution is -1.83. The molecule has 0 rings (SSSR count). The van der Waals surface area contributed by atoms with Gasteiger partial charge in [-0.3, -0.25) is 0 Å². The Kier molecular flexibility index (Phi) is 9.20. The van der Waals surface area contributed by atoms with Crippen molar-refractivity contribution in [1.82, 2.24) is 0 Å². The Balaban J connectivity index is 3.63. The number of hydrogen-bond acceptors (Lipinski definition) is 2. The molecule has 0 aliphatic heterocycles. The molecule has 0 atom stereocenters. The molecule has 0 bridgehead atoms. The third-order valence-corrected chi connectivity index (χ3v) is 2.12. The summed E-state index contributed by atoms with van der Waals surface area (Å²) in [6, 6.07) is 2.18. The smallest absolute Gasteiger partial charge is 0.120 e. The van der Waals surface area contributed by atoms with Gasteiger partial charge >= 0.3 is 0 Å². The van der Waals surface area contributed by atoms with Crippen LogP contribution in [0.1, 0.15) is 51.9 Å². The number of carbonyl (C=O) groups is 1. The number of nitrogens with zero attached hydrogens (tertiary/aromatic N) is 1. The molecular weight excluding hydrogens is 174 g/mol. The van der Waals surface area contributed by atoms with E-state index in [4.69, 9.17) is 5.26 Å². The predicted octanol–water partition coefficient (Wildman–Crippen LogP) is 3.39. The second-order valence-electron chi connectivity index (χ2n) is 3.40. The summed E-state index contributed by atoms with van der Waals surface area (Å²) in [6.45, 7) is 2.17. The number of rotatable bonds is 8. The molecule has 0 radical (unpaired) electrons. The Bertz CT molecular complexity index is 213. The number of unbranched alkanes of at least 4 members (excludes halogenated alkanes) is 4. The predicted molar refractivity (Wildman–Crippen MR) is 57.8 cm³/mol. The van der Waals surface area contributed by atoms with E-state index in [9.17, 15) is 4.79 Å². The molecule has 0 aromatic carbocycles. The maximum absolute atomic E-state index is 10.1. The summed E-state index contributed by atoms with van der Waals surface area (Å²) in [4.78, 5) is 10.1. The average molecular weight is 193 g/mol. The van der Waals surface area contributed by atoms with Crippen molar-refractivity contribution < 1.29 is 4.79 Å². The van der Waals surface area contributed by atoms with Crippen LogP contribution in [0.15, 0.2) is 11.6 Å². The summed E-state index contributed by atoms with van der Waals surface area (Å²) in [5.74, 6) is 0. The highest BCUT2D eigenvalue weighted by Gasteiger charge is 1.95. The lowest BCUT2D eigenvalue weighted by molar-refractivity contribution is -0.107.